The summed E-state index contributed by atoms with van der Waals surface area (Å²) in [7, 11) is -0.497. The number of fused-ring (bicyclic) bond motifs is 1. The molecule has 1 aliphatic rings. The van der Waals surface area contributed by atoms with Gasteiger partial charge < -0.3 is 9.64 Å². The standard InChI is InChI=1S/C20H23ClN4O4S/c1-13-10-14(21)4-5-19(13)30(27,28)22-15-11-17-18(24(3)20(26)23(17)2)12-16(15)25-6-8-29-9-7-25/h4-5,10-12,22H,6-9H2,1-3H3. The molecule has 1 fully saturated rings. The van der Waals surface area contributed by atoms with Crippen molar-refractivity contribution in [3.63, 3.8) is 0 Å². The summed E-state index contributed by atoms with van der Waals surface area (Å²) in [6, 6.07) is 8.23. The Labute approximate surface area is 179 Å². The highest BCUT2D eigenvalue weighted by Crippen LogP contribution is 2.34. The number of hydrogen-bond acceptors (Lipinski definition) is 5. The van der Waals surface area contributed by atoms with E-state index in [2.05, 4.69) is 9.62 Å². The van der Waals surface area contributed by atoms with Gasteiger partial charge >= 0.3 is 5.69 Å². The Kier molecular flexibility index (Phi) is 5.29. The Morgan fingerprint density at radius 1 is 1.03 bits per heavy atom. The summed E-state index contributed by atoms with van der Waals surface area (Å²) >= 11 is 5.99. The number of aromatic nitrogens is 2. The molecule has 0 bridgehead atoms. The summed E-state index contributed by atoms with van der Waals surface area (Å²) in [5, 5.41) is 0.473. The molecule has 2 heterocycles. The van der Waals surface area contributed by atoms with Crippen LogP contribution in [-0.2, 0) is 28.9 Å². The van der Waals surface area contributed by atoms with Crippen LogP contribution in [0.2, 0.25) is 5.02 Å². The lowest BCUT2D eigenvalue weighted by atomic mass is 10.2. The van der Waals surface area contributed by atoms with E-state index in [1.165, 1.54) is 10.6 Å². The molecule has 0 unspecified atom stereocenters. The van der Waals surface area contributed by atoms with Crippen LogP contribution in [0.4, 0.5) is 11.4 Å². The number of aryl methyl sites for hydroxylation is 3. The molecule has 1 aromatic heterocycles. The van der Waals surface area contributed by atoms with E-state index in [4.69, 9.17) is 16.3 Å². The van der Waals surface area contributed by atoms with Crippen molar-refractivity contribution >= 4 is 44.0 Å². The number of sulfonamides is 1. The lowest BCUT2D eigenvalue weighted by Crippen LogP contribution is -2.36. The molecule has 30 heavy (non-hydrogen) atoms. The van der Waals surface area contributed by atoms with Crippen LogP contribution in [0.1, 0.15) is 5.56 Å². The van der Waals surface area contributed by atoms with Crippen molar-refractivity contribution in [1.29, 1.82) is 0 Å². The number of hydrogen-bond donors (Lipinski definition) is 1. The second kappa shape index (κ2) is 7.64. The molecule has 3 aromatic rings. The van der Waals surface area contributed by atoms with Crippen LogP contribution >= 0.6 is 11.6 Å². The van der Waals surface area contributed by atoms with Crippen molar-refractivity contribution in [2.75, 3.05) is 35.9 Å². The molecule has 0 aliphatic carbocycles. The van der Waals surface area contributed by atoms with Gasteiger partial charge in [0.1, 0.15) is 0 Å². The summed E-state index contributed by atoms with van der Waals surface area (Å²) in [6.45, 7) is 4.05. The zero-order valence-corrected chi connectivity index (χ0v) is 18.5. The van der Waals surface area contributed by atoms with Crippen molar-refractivity contribution in [2.45, 2.75) is 11.8 Å². The summed E-state index contributed by atoms with van der Waals surface area (Å²) in [4.78, 5) is 14.6. The van der Waals surface area contributed by atoms with Crippen molar-refractivity contribution in [1.82, 2.24) is 9.13 Å². The molecular weight excluding hydrogens is 428 g/mol. The summed E-state index contributed by atoms with van der Waals surface area (Å²) < 4.78 is 37.6. The first-order valence-electron chi connectivity index (χ1n) is 9.50. The number of halogens is 1. The average Bonchev–Trinajstić information content (AvgIpc) is 2.91. The van der Waals surface area contributed by atoms with Crippen LogP contribution < -0.4 is 15.3 Å². The average molecular weight is 451 g/mol. The Hall–Kier alpha value is -2.49. The van der Waals surface area contributed by atoms with E-state index < -0.39 is 10.0 Å². The van der Waals surface area contributed by atoms with Crippen LogP contribution in [0.3, 0.4) is 0 Å². The number of morpholine rings is 1. The molecule has 0 amide bonds. The molecule has 8 nitrogen and oxygen atoms in total. The first-order valence-corrected chi connectivity index (χ1v) is 11.4. The van der Waals surface area contributed by atoms with Crippen LogP contribution in [-0.4, -0.2) is 43.9 Å². The molecule has 0 atom stereocenters. The number of ether oxygens (including phenoxy) is 1. The first kappa shape index (κ1) is 20.8. The summed E-state index contributed by atoms with van der Waals surface area (Å²) in [5.74, 6) is 0. The third-order valence-corrected chi connectivity index (χ3v) is 7.17. The van der Waals surface area contributed by atoms with Crippen LogP contribution in [0.25, 0.3) is 11.0 Å². The monoisotopic (exact) mass is 450 g/mol. The minimum atomic E-state index is -3.87. The predicted molar refractivity (Wildman–Crippen MR) is 118 cm³/mol. The van der Waals surface area contributed by atoms with Crippen molar-refractivity contribution in [3.05, 3.63) is 51.4 Å². The van der Waals surface area contributed by atoms with Gasteiger partial charge in [-0.05, 0) is 42.8 Å². The molecular formula is C20H23ClN4O4S. The first-order chi connectivity index (χ1) is 14.2. The number of rotatable bonds is 4. The van der Waals surface area contributed by atoms with E-state index in [-0.39, 0.29) is 10.6 Å². The Bertz CT molecular complexity index is 1290. The molecule has 1 N–H and O–H groups in total. The Balaban J connectivity index is 1.87. The fourth-order valence-electron chi connectivity index (χ4n) is 3.80. The maximum atomic E-state index is 13.2. The molecule has 10 heteroatoms. The predicted octanol–water partition coefficient (Wildman–Crippen LogP) is 2.48. The Morgan fingerprint density at radius 2 is 1.67 bits per heavy atom. The number of benzene rings is 2. The molecule has 160 valence electrons. The van der Waals surface area contributed by atoms with Gasteiger partial charge in [0.05, 0.1) is 40.5 Å². The lowest BCUT2D eigenvalue weighted by molar-refractivity contribution is 0.123. The fraction of sp³-hybridized carbons (Fsp3) is 0.350. The zero-order valence-electron chi connectivity index (χ0n) is 17.0. The smallest absolute Gasteiger partial charge is 0.328 e. The van der Waals surface area contributed by atoms with Crippen molar-refractivity contribution < 1.29 is 13.2 Å². The van der Waals surface area contributed by atoms with E-state index in [0.29, 0.717) is 53.8 Å². The van der Waals surface area contributed by atoms with Gasteiger partial charge in [0.25, 0.3) is 10.0 Å². The maximum absolute atomic E-state index is 13.2. The third-order valence-electron chi connectivity index (χ3n) is 5.41. The SMILES string of the molecule is Cc1cc(Cl)ccc1S(=O)(=O)Nc1cc2c(cc1N1CCOCC1)n(C)c(=O)n2C. The minimum absolute atomic E-state index is 0.155. The zero-order chi connectivity index (χ0) is 21.6. The fourth-order valence-corrected chi connectivity index (χ4v) is 5.32. The van der Waals surface area contributed by atoms with Gasteiger partial charge in [0.2, 0.25) is 0 Å². The summed E-state index contributed by atoms with van der Waals surface area (Å²) in [6.07, 6.45) is 0. The van der Waals surface area contributed by atoms with E-state index in [1.54, 1.807) is 43.8 Å². The summed E-state index contributed by atoms with van der Waals surface area (Å²) in [5.41, 5.74) is 2.88. The normalized spacial score (nSPS) is 15.0. The second-order valence-electron chi connectivity index (χ2n) is 7.37. The highest BCUT2D eigenvalue weighted by molar-refractivity contribution is 7.92. The van der Waals surface area contributed by atoms with Crippen LogP contribution in [0.15, 0.2) is 40.0 Å². The Morgan fingerprint density at radius 3 is 2.30 bits per heavy atom. The van der Waals surface area contributed by atoms with E-state index in [9.17, 15) is 13.2 Å². The number of nitrogens with one attached hydrogen (secondary N) is 1. The number of imidazole rings is 1. The quantitative estimate of drug-likeness (QED) is 0.660. The molecule has 0 saturated carbocycles. The minimum Gasteiger partial charge on any atom is -0.378 e. The van der Waals surface area contributed by atoms with Gasteiger partial charge in [0.15, 0.2) is 0 Å². The van der Waals surface area contributed by atoms with E-state index in [0.717, 1.165) is 5.52 Å². The van der Waals surface area contributed by atoms with Gasteiger partial charge in [-0.2, -0.15) is 0 Å². The molecule has 0 spiro atoms. The van der Waals surface area contributed by atoms with Crippen LogP contribution in [0.5, 0.6) is 0 Å². The third kappa shape index (κ3) is 3.57. The van der Waals surface area contributed by atoms with Gasteiger partial charge in [0, 0.05) is 32.2 Å². The highest BCUT2D eigenvalue weighted by atomic mass is 35.5. The second-order valence-corrected chi connectivity index (χ2v) is 9.46. The van der Waals surface area contributed by atoms with Crippen LogP contribution in [0, 0.1) is 6.92 Å². The number of anilines is 2. The maximum Gasteiger partial charge on any atom is 0.328 e. The largest absolute Gasteiger partial charge is 0.378 e. The van der Waals surface area contributed by atoms with Gasteiger partial charge in [-0.25, -0.2) is 13.2 Å². The highest BCUT2D eigenvalue weighted by Gasteiger charge is 2.23. The number of nitrogens with zero attached hydrogens (tertiary/aromatic N) is 3. The molecule has 4 rings (SSSR count). The topological polar surface area (TPSA) is 85.6 Å². The molecule has 1 aliphatic heterocycles. The van der Waals surface area contributed by atoms with Crippen molar-refractivity contribution in [2.24, 2.45) is 14.1 Å². The van der Waals surface area contributed by atoms with Gasteiger partial charge in [-0.3, -0.25) is 13.9 Å². The van der Waals surface area contributed by atoms with Gasteiger partial charge in [-0.15, -0.1) is 0 Å². The van der Waals surface area contributed by atoms with E-state index >= 15 is 0 Å². The lowest BCUT2D eigenvalue weighted by Gasteiger charge is -2.31. The van der Waals surface area contributed by atoms with Gasteiger partial charge in [-0.1, -0.05) is 11.6 Å². The molecule has 1 saturated heterocycles. The van der Waals surface area contributed by atoms with E-state index in [1.807, 2.05) is 6.07 Å². The van der Waals surface area contributed by atoms with Crippen molar-refractivity contribution in [3.8, 4) is 0 Å². The molecule has 2 aromatic carbocycles. The molecule has 0 radical (unpaired) electrons.